The Morgan fingerprint density at radius 3 is 2.07 bits per heavy atom. The monoisotopic (exact) mass is 588 g/mol. The molecule has 0 amide bonds. The highest BCUT2D eigenvalue weighted by Gasteiger charge is 2.34. The van der Waals surface area contributed by atoms with Crippen LogP contribution in [0.1, 0.15) is 78.1 Å². The van der Waals surface area contributed by atoms with Crippen molar-refractivity contribution in [1.29, 1.82) is 0 Å². The van der Waals surface area contributed by atoms with Crippen LogP contribution in [0.25, 0.3) is 0 Å². The van der Waals surface area contributed by atoms with Crippen molar-refractivity contribution in [3.05, 3.63) is 83.4 Å². The van der Waals surface area contributed by atoms with Crippen molar-refractivity contribution >= 4 is 11.9 Å². The van der Waals surface area contributed by atoms with E-state index in [9.17, 15) is 9.59 Å². The minimum atomic E-state index is -0.484. The number of hydrogen-bond donors (Lipinski definition) is 0. The molecular formula is C35H40O8. The van der Waals surface area contributed by atoms with Crippen molar-refractivity contribution in [2.45, 2.75) is 77.1 Å². The quantitative estimate of drug-likeness (QED) is 0.0713. The number of carbonyl (C=O) groups excluding carboxylic acids is 2. The first kappa shape index (κ1) is 30.6. The summed E-state index contributed by atoms with van der Waals surface area (Å²) in [6, 6.07) is 18.7. The molecule has 2 aliphatic heterocycles. The third-order valence-corrected chi connectivity index (χ3v) is 7.48. The van der Waals surface area contributed by atoms with E-state index in [0.29, 0.717) is 46.6 Å². The Bertz CT molecular complexity index is 1340. The van der Waals surface area contributed by atoms with Gasteiger partial charge in [-0.15, -0.1) is 0 Å². The van der Waals surface area contributed by atoms with Gasteiger partial charge < -0.3 is 28.4 Å². The summed E-state index contributed by atoms with van der Waals surface area (Å²) in [7, 11) is 0. The van der Waals surface area contributed by atoms with Crippen molar-refractivity contribution in [2.75, 3.05) is 19.8 Å². The molecule has 8 heteroatoms. The van der Waals surface area contributed by atoms with Crippen LogP contribution >= 0.6 is 0 Å². The Hall–Kier alpha value is -3.88. The minimum absolute atomic E-state index is 0.0268. The summed E-state index contributed by atoms with van der Waals surface area (Å²) in [4.78, 5) is 25.5. The highest BCUT2D eigenvalue weighted by molar-refractivity contribution is 5.92. The summed E-state index contributed by atoms with van der Waals surface area (Å²) >= 11 is 0. The van der Waals surface area contributed by atoms with Gasteiger partial charge in [0, 0.05) is 0 Å². The largest absolute Gasteiger partial charge is 0.494 e. The molecule has 3 atom stereocenters. The fraction of sp³-hybridized carbons (Fsp3) is 0.429. The van der Waals surface area contributed by atoms with Gasteiger partial charge in [0.05, 0.1) is 37.1 Å². The predicted octanol–water partition coefficient (Wildman–Crippen LogP) is 7.11. The van der Waals surface area contributed by atoms with Gasteiger partial charge >= 0.3 is 11.9 Å². The lowest BCUT2D eigenvalue weighted by Crippen LogP contribution is -2.23. The smallest absolute Gasteiger partial charge is 0.343 e. The summed E-state index contributed by atoms with van der Waals surface area (Å²) in [6.45, 7) is 6.23. The molecule has 0 saturated carbocycles. The molecule has 8 nitrogen and oxygen atoms in total. The van der Waals surface area contributed by atoms with Crippen LogP contribution in [0.4, 0.5) is 0 Å². The lowest BCUT2D eigenvalue weighted by atomic mass is 10.1. The molecule has 5 rings (SSSR count). The zero-order chi connectivity index (χ0) is 30.0. The van der Waals surface area contributed by atoms with E-state index in [2.05, 4.69) is 6.92 Å². The topological polar surface area (TPSA) is 96.1 Å². The van der Waals surface area contributed by atoms with Crippen LogP contribution in [-0.2, 0) is 9.47 Å². The number of esters is 2. The number of carbonyl (C=O) groups is 2. The second kappa shape index (κ2) is 15.0. The second-order valence-electron chi connectivity index (χ2n) is 11.1. The second-order valence-corrected chi connectivity index (χ2v) is 11.1. The first-order valence-electron chi connectivity index (χ1n) is 15.3. The molecule has 3 aromatic carbocycles. The van der Waals surface area contributed by atoms with Gasteiger partial charge in [-0.05, 0) is 111 Å². The SMILES string of the molecule is CCCCC(Oc1ccc(C(=O)Oc2ccc(OC(=O)c3ccc(OCCCCCC4CO4)cc3)cc2C)cc1)C1CO1. The van der Waals surface area contributed by atoms with Crippen molar-refractivity contribution in [1.82, 2.24) is 0 Å². The molecule has 3 aromatic rings. The third-order valence-electron chi connectivity index (χ3n) is 7.48. The fourth-order valence-corrected chi connectivity index (χ4v) is 4.73. The molecule has 0 aliphatic carbocycles. The fourth-order valence-electron chi connectivity index (χ4n) is 4.73. The van der Waals surface area contributed by atoms with Crippen LogP contribution in [0.3, 0.4) is 0 Å². The molecule has 3 unspecified atom stereocenters. The molecule has 0 N–H and O–H groups in total. The highest BCUT2D eigenvalue weighted by Crippen LogP contribution is 2.27. The van der Waals surface area contributed by atoms with E-state index in [-0.39, 0.29) is 12.2 Å². The van der Waals surface area contributed by atoms with Crippen LogP contribution in [-0.4, -0.2) is 50.1 Å². The van der Waals surface area contributed by atoms with Crippen molar-refractivity contribution in [3.63, 3.8) is 0 Å². The Balaban J connectivity index is 1.07. The molecule has 228 valence electrons. The van der Waals surface area contributed by atoms with Gasteiger partial charge in [-0.25, -0.2) is 9.59 Å². The van der Waals surface area contributed by atoms with E-state index in [1.54, 1.807) is 73.7 Å². The van der Waals surface area contributed by atoms with Crippen LogP contribution in [0.15, 0.2) is 66.7 Å². The molecular weight excluding hydrogens is 548 g/mol. The van der Waals surface area contributed by atoms with Crippen LogP contribution in [0.5, 0.6) is 23.0 Å². The number of unbranched alkanes of at least 4 members (excludes halogenated alkanes) is 3. The molecule has 0 aromatic heterocycles. The van der Waals surface area contributed by atoms with Crippen LogP contribution in [0.2, 0.25) is 0 Å². The van der Waals surface area contributed by atoms with Crippen LogP contribution in [0, 0.1) is 6.92 Å². The molecule has 2 fully saturated rings. The normalized spacial score (nSPS) is 17.5. The van der Waals surface area contributed by atoms with Gasteiger partial charge in [-0.2, -0.15) is 0 Å². The van der Waals surface area contributed by atoms with Crippen molar-refractivity contribution < 1.29 is 38.0 Å². The average molecular weight is 589 g/mol. The van der Waals surface area contributed by atoms with E-state index in [1.165, 1.54) is 0 Å². The molecule has 2 heterocycles. The zero-order valence-electron chi connectivity index (χ0n) is 24.9. The van der Waals surface area contributed by atoms with Crippen molar-refractivity contribution in [2.24, 2.45) is 0 Å². The standard InChI is InChI=1S/C35H40O8/c1-3-4-9-32(33-23-40-33)41-28-16-12-26(13-17-28)35(37)43-31-19-18-29(21-24(31)2)42-34(36)25-10-14-27(15-11-25)38-20-7-5-6-8-30-22-39-30/h10-19,21,30,32-33H,3-9,20,22-23H2,1-2H3. The number of benzene rings is 3. The Kier molecular flexibility index (Phi) is 10.7. The summed E-state index contributed by atoms with van der Waals surface area (Å²) in [5.74, 6) is 1.20. The molecule has 2 aliphatic rings. The maximum absolute atomic E-state index is 12.8. The van der Waals surface area contributed by atoms with E-state index in [4.69, 9.17) is 28.4 Å². The minimum Gasteiger partial charge on any atom is -0.494 e. The van der Waals surface area contributed by atoms with Crippen LogP contribution < -0.4 is 18.9 Å². The van der Waals surface area contributed by atoms with Gasteiger partial charge in [0.1, 0.15) is 35.2 Å². The molecule has 0 radical (unpaired) electrons. The van der Waals surface area contributed by atoms with Gasteiger partial charge in [-0.1, -0.05) is 19.8 Å². The number of epoxide rings is 2. The first-order chi connectivity index (χ1) is 21.0. The average Bonchev–Trinajstić information content (AvgIpc) is 3.94. The van der Waals surface area contributed by atoms with Gasteiger partial charge in [-0.3, -0.25) is 0 Å². The molecule has 2 saturated heterocycles. The van der Waals surface area contributed by atoms with E-state index in [1.807, 2.05) is 0 Å². The Morgan fingerprint density at radius 1 is 0.791 bits per heavy atom. The summed E-state index contributed by atoms with van der Waals surface area (Å²) in [5.41, 5.74) is 1.49. The highest BCUT2D eigenvalue weighted by atomic mass is 16.6. The molecule has 0 spiro atoms. The number of rotatable bonds is 17. The number of ether oxygens (including phenoxy) is 6. The lowest BCUT2D eigenvalue weighted by Gasteiger charge is -2.17. The summed E-state index contributed by atoms with van der Waals surface area (Å²) in [6.07, 6.45) is 8.16. The maximum Gasteiger partial charge on any atom is 0.343 e. The predicted molar refractivity (Wildman–Crippen MR) is 161 cm³/mol. The first-order valence-corrected chi connectivity index (χ1v) is 15.3. The Morgan fingerprint density at radius 2 is 1.44 bits per heavy atom. The van der Waals surface area contributed by atoms with Gasteiger partial charge in [0.2, 0.25) is 0 Å². The zero-order valence-corrected chi connectivity index (χ0v) is 24.9. The summed E-state index contributed by atoms with van der Waals surface area (Å²) < 4.78 is 33.7. The third kappa shape index (κ3) is 9.56. The van der Waals surface area contributed by atoms with Gasteiger partial charge in [0.25, 0.3) is 0 Å². The Labute approximate surface area is 253 Å². The van der Waals surface area contributed by atoms with E-state index in [0.717, 1.165) is 63.9 Å². The van der Waals surface area contributed by atoms with Gasteiger partial charge in [0.15, 0.2) is 0 Å². The maximum atomic E-state index is 12.8. The molecule has 0 bridgehead atoms. The number of hydrogen-bond acceptors (Lipinski definition) is 8. The summed E-state index contributed by atoms with van der Waals surface area (Å²) in [5, 5.41) is 0. The van der Waals surface area contributed by atoms with E-state index < -0.39 is 11.9 Å². The lowest BCUT2D eigenvalue weighted by molar-refractivity contribution is 0.0718. The van der Waals surface area contributed by atoms with E-state index >= 15 is 0 Å². The number of aryl methyl sites for hydroxylation is 1. The van der Waals surface area contributed by atoms with Crippen molar-refractivity contribution in [3.8, 4) is 23.0 Å². The molecule has 43 heavy (non-hydrogen) atoms.